The van der Waals surface area contributed by atoms with E-state index in [1.807, 2.05) is 0 Å². The summed E-state index contributed by atoms with van der Waals surface area (Å²) in [5.74, 6) is 1.89. The number of nitrogens with zero attached hydrogens (tertiary/aromatic N) is 1. The molecular formula is C35H69N. The van der Waals surface area contributed by atoms with Gasteiger partial charge in [-0.1, -0.05) is 194 Å². The molecule has 0 aliphatic heterocycles. The van der Waals surface area contributed by atoms with E-state index in [0.717, 1.165) is 24.7 Å². The van der Waals surface area contributed by atoms with Crippen LogP contribution in [-0.4, -0.2) is 0 Å². The highest BCUT2D eigenvalue weighted by molar-refractivity contribution is 4.67. The maximum Gasteiger partial charge on any atom is 0.0621 e. The first-order valence-corrected chi connectivity index (χ1v) is 17.1. The lowest BCUT2D eigenvalue weighted by atomic mass is 9.92. The molecule has 0 aliphatic carbocycles. The van der Waals surface area contributed by atoms with Gasteiger partial charge in [0, 0.05) is 6.42 Å². The highest BCUT2D eigenvalue weighted by atomic mass is 14.2. The second kappa shape index (κ2) is 30.7. The average molecular weight is 504 g/mol. The van der Waals surface area contributed by atoms with Crippen LogP contribution in [0.4, 0.5) is 0 Å². The minimum Gasteiger partial charge on any atom is -0.198 e. The summed E-state index contributed by atoms with van der Waals surface area (Å²) in [6.45, 7) is 7.29. The zero-order chi connectivity index (χ0) is 26.4. The predicted molar refractivity (Wildman–Crippen MR) is 164 cm³/mol. The Kier molecular flexibility index (Phi) is 30.3. The number of hydrogen-bond donors (Lipinski definition) is 0. The van der Waals surface area contributed by atoms with Crippen LogP contribution in [0.15, 0.2) is 0 Å². The molecule has 36 heavy (non-hydrogen) atoms. The molecule has 0 radical (unpaired) electrons. The lowest BCUT2D eigenvalue weighted by Gasteiger charge is -2.14. The van der Waals surface area contributed by atoms with Crippen LogP contribution in [0.5, 0.6) is 0 Å². The molecule has 0 bridgehead atoms. The van der Waals surface area contributed by atoms with Gasteiger partial charge in [-0.15, -0.1) is 0 Å². The van der Waals surface area contributed by atoms with Gasteiger partial charge in [-0.3, -0.25) is 0 Å². The quantitative estimate of drug-likeness (QED) is 0.0894. The number of hydrogen-bond acceptors (Lipinski definition) is 1. The van der Waals surface area contributed by atoms with Crippen molar-refractivity contribution < 1.29 is 0 Å². The van der Waals surface area contributed by atoms with Gasteiger partial charge in [0.15, 0.2) is 0 Å². The van der Waals surface area contributed by atoms with Crippen molar-refractivity contribution in [1.82, 2.24) is 0 Å². The Morgan fingerprint density at radius 2 is 0.667 bits per heavy atom. The van der Waals surface area contributed by atoms with E-state index in [-0.39, 0.29) is 0 Å². The SMILES string of the molecule is CCCCCCCCC(C)CCCC(C)CCCCCCCCCCCCCCCCCCCC#N. The number of nitriles is 1. The van der Waals surface area contributed by atoms with E-state index < -0.39 is 0 Å². The van der Waals surface area contributed by atoms with Crippen molar-refractivity contribution in [2.75, 3.05) is 0 Å². The van der Waals surface area contributed by atoms with Gasteiger partial charge in [0.05, 0.1) is 6.07 Å². The van der Waals surface area contributed by atoms with E-state index in [4.69, 9.17) is 5.26 Å². The summed E-state index contributed by atoms with van der Waals surface area (Å²) >= 11 is 0. The smallest absolute Gasteiger partial charge is 0.0621 e. The lowest BCUT2D eigenvalue weighted by molar-refractivity contribution is 0.390. The minimum atomic E-state index is 0.748. The minimum absolute atomic E-state index is 0.748. The number of rotatable bonds is 30. The van der Waals surface area contributed by atoms with E-state index in [1.165, 1.54) is 173 Å². The fourth-order valence-electron chi connectivity index (χ4n) is 5.73. The predicted octanol–water partition coefficient (Wildman–Crippen LogP) is 13.1. The van der Waals surface area contributed by atoms with Crippen LogP contribution in [0.1, 0.15) is 207 Å². The molecule has 0 saturated carbocycles. The van der Waals surface area contributed by atoms with E-state index in [0.29, 0.717) is 0 Å². The third-order valence-corrected chi connectivity index (χ3v) is 8.43. The first kappa shape index (κ1) is 35.5. The van der Waals surface area contributed by atoms with E-state index in [9.17, 15) is 0 Å². The third kappa shape index (κ3) is 29.7. The molecule has 0 aromatic rings. The van der Waals surface area contributed by atoms with Crippen LogP contribution >= 0.6 is 0 Å². The molecule has 0 heterocycles. The summed E-state index contributed by atoms with van der Waals surface area (Å²) in [5, 5.41) is 8.53. The van der Waals surface area contributed by atoms with Gasteiger partial charge in [-0.25, -0.2) is 0 Å². The highest BCUT2D eigenvalue weighted by Crippen LogP contribution is 2.22. The second-order valence-corrected chi connectivity index (χ2v) is 12.4. The van der Waals surface area contributed by atoms with Gasteiger partial charge in [-0.2, -0.15) is 5.26 Å². The first-order valence-electron chi connectivity index (χ1n) is 17.1. The third-order valence-electron chi connectivity index (χ3n) is 8.43. The molecule has 0 saturated heterocycles. The average Bonchev–Trinajstić information content (AvgIpc) is 2.87. The van der Waals surface area contributed by atoms with Crippen LogP contribution in [0.25, 0.3) is 0 Å². The summed E-state index contributed by atoms with van der Waals surface area (Å²) in [6, 6.07) is 2.24. The van der Waals surface area contributed by atoms with Gasteiger partial charge >= 0.3 is 0 Å². The maximum atomic E-state index is 8.53. The molecule has 0 rings (SSSR count). The molecule has 1 nitrogen and oxygen atoms in total. The molecule has 0 spiro atoms. The van der Waals surface area contributed by atoms with Crippen molar-refractivity contribution in [2.24, 2.45) is 11.8 Å². The Bertz CT molecular complexity index is 436. The molecule has 0 fully saturated rings. The highest BCUT2D eigenvalue weighted by Gasteiger charge is 2.06. The first-order chi connectivity index (χ1) is 17.7. The van der Waals surface area contributed by atoms with Crippen molar-refractivity contribution in [3.8, 4) is 6.07 Å². The Hall–Kier alpha value is -0.510. The van der Waals surface area contributed by atoms with Gasteiger partial charge < -0.3 is 0 Å². The molecule has 2 unspecified atom stereocenters. The Balaban J connectivity index is 3.22. The van der Waals surface area contributed by atoms with Gasteiger partial charge in [0.2, 0.25) is 0 Å². The zero-order valence-electron chi connectivity index (χ0n) is 25.6. The van der Waals surface area contributed by atoms with Crippen molar-refractivity contribution >= 4 is 0 Å². The van der Waals surface area contributed by atoms with Crippen molar-refractivity contribution in [3.05, 3.63) is 0 Å². The van der Waals surface area contributed by atoms with E-state index >= 15 is 0 Å². The normalized spacial score (nSPS) is 13.1. The summed E-state index contributed by atoms with van der Waals surface area (Å²) in [7, 11) is 0. The van der Waals surface area contributed by atoms with Crippen molar-refractivity contribution in [3.63, 3.8) is 0 Å². The molecular weight excluding hydrogens is 434 g/mol. The molecule has 214 valence electrons. The van der Waals surface area contributed by atoms with Crippen LogP contribution in [-0.2, 0) is 0 Å². The van der Waals surface area contributed by atoms with Crippen molar-refractivity contribution in [1.29, 1.82) is 5.26 Å². The molecule has 0 aromatic heterocycles. The Morgan fingerprint density at radius 3 is 1.00 bits per heavy atom. The summed E-state index contributed by atoms with van der Waals surface area (Å²) in [5.41, 5.74) is 0. The van der Waals surface area contributed by atoms with E-state index in [1.54, 1.807) is 0 Å². The largest absolute Gasteiger partial charge is 0.198 e. The molecule has 2 atom stereocenters. The van der Waals surface area contributed by atoms with Crippen molar-refractivity contribution in [2.45, 2.75) is 207 Å². The van der Waals surface area contributed by atoms with Gasteiger partial charge in [0.25, 0.3) is 0 Å². The maximum absolute atomic E-state index is 8.53. The van der Waals surface area contributed by atoms with Crippen LogP contribution < -0.4 is 0 Å². The lowest BCUT2D eigenvalue weighted by Crippen LogP contribution is -1.99. The zero-order valence-corrected chi connectivity index (χ0v) is 25.6. The summed E-state index contributed by atoms with van der Waals surface area (Å²) < 4.78 is 0. The van der Waals surface area contributed by atoms with Crippen LogP contribution in [0.2, 0.25) is 0 Å². The second-order valence-electron chi connectivity index (χ2n) is 12.4. The fraction of sp³-hybridized carbons (Fsp3) is 0.971. The number of unbranched alkanes of at least 4 members (excludes halogenated alkanes) is 22. The van der Waals surface area contributed by atoms with Gasteiger partial charge in [0.1, 0.15) is 0 Å². The molecule has 0 amide bonds. The summed E-state index contributed by atoms with van der Waals surface area (Å²) in [4.78, 5) is 0. The standard InChI is InChI=1S/C35H69N/c1-4-5-6-7-22-25-29-34(2)31-28-32-35(3)30-26-23-20-18-16-14-12-10-8-9-11-13-15-17-19-21-24-27-33-36/h34-35H,4-32H2,1-3H3. The fourth-order valence-corrected chi connectivity index (χ4v) is 5.73. The van der Waals surface area contributed by atoms with E-state index in [2.05, 4.69) is 26.8 Å². The van der Waals surface area contributed by atoms with Gasteiger partial charge in [-0.05, 0) is 18.3 Å². The molecule has 0 aromatic carbocycles. The van der Waals surface area contributed by atoms with Crippen LogP contribution in [0, 0.1) is 23.2 Å². The topological polar surface area (TPSA) is 23.8 Å². The molecule has 0 aliphatic rings. The van der Waals surface area contributed by atoms with Crippen LogP contribution in [0.3, 0.4) is 0 Å². The molecule has 1 heteroatoms. The Morgan fingerprint density at radius 1 is 0.389 bits per heavy atom. The summed E-state index contributed by atoms with van der Waals surface area (Å²) in [6.07, 6.45) is 40.7. The molecule has 0 N–H and O–H groups in total. The Labute approximate surface area is 230 Å². The monoisotopic (exact) mass is 504 g/mol.